The molecule has 0 radical (unpaired) electrons. The van der Waals surface area contributed by atoms with Gasteiger partial charge in [0.2, 0.25) is 0 Å². The Morgan fingerprint density at radius 1 is 1.53 bits per heavy atom. The summed E-state index contributed by atoms with van der Waals surface area (Å²) in [5, 5.41) is 15.7. The van der Waals surface area contributed by atoms with Crippen LogP contribution in [0, 0.1) is 6.92 Å². The van der Waals surface area contributed by atoms with Crippen LogP contribution in [0.15, 0.2) is 22.7 Å². The van der Waals surface area contributed by atoms with E-state index in [0.29, 0.717) is 10.8 Å². The molecule has 0 aliphatic rings. The normalized spacial score (nSPS) is 10.2. The third kappa shape index (κ3) is 2.54. The smallest absolute Gasteiger partial charge is 0.328 e. The number of aromatic hydroxyl groups is 1. The fourth-order valence-electron chi connectivity index (χ4n) is 1.20. The summed E-state index contributed by atoms with van der Waals surface area (Å²) in [5.74, 6) is -0.354. The summed E-state index contributed by atoms with van der Waals surface area (Å²) in [4.78, 5) is 15.5. The Morgan fingerprint density at radius 3 is 2.94 bits per heavy atom. The van der Waals surface area contributed by atoms with Gasteiger partial charge in [0.1, 0.15) is 5.75 Å². The topological polar surface area (TPSA) is 88.2 Å². The molecule has 1 aromatic carbocycles. The second-order valence-corrected chi connectivity index (χ2v) is 3.70. The number of carbonyl (C=O) groups excluding carboxylic acids is 1. The Balaban J connectivity index is 2.22. The quantitative estimate of drug-likeness (QED) is 0.854. The highest BCUT2D eigenvalue weighted by Crippen LogP contribution is 2.22. The number of hydrogen-bond acceptors (Lipinski definition) is 5. The van der Waals surface area contributed by atoms with Crippen LogP contribution in [0.3, 0.4) is 0 Å². The van der Waals surface area contributed by atoms with Crippen molar-refractivity contribution in [1.82, 2.24) is 10.1 Å². The van der Waals surface area contributed by atoms with Crippen LogP contribution in [0.2, 0.25) is 5.02 Å². The molecule has 0 unspecified atom stereocenters. The number of nitrogens with one attached hydrogen (secondary N) is 1. The average Bonchev–Trinajstić information content (AvgIpc) is 2.67. The zero-order chi connectivity index (χ0) is 12.4. The number of aromatic nitrogens is 2. The number of anilines is 1. The minimum Gasteiger partial charge on any atom is -0.507 e. The van der Waals surface area contributed by atoms with Gasteiger partial charge in [-0.25, -0.2) is 0 Å². The van der Waals surface area contributed by atoms with E-state index in [0.717, 1.165) is 0 Å². The Kier molecular flexibility index (Phi) is 2.97. The van der Waals surface area contributed by atoms with Crippen molar-refractivity contribution in [3.8, 4) is 5.75 Å². The van der Waals surface area contributed by atoms with Crippen molar-refractivity contribution >= 4 is 23.5 Å². The van der Waals surface area contributed by atoms with E-state index in [-0.39, 0.29) is 17.3 Å². The SMILES string of the molecule is Cc1noc(NC(=O)c2cc(Cl)ccc2O)n1. The fourth-order valence-corrected chi connectivity index (χ4v) is 1.37. The molecule has 0 aliphatic carbocycles. The highest BCUT2D eigenvalue weighted by molar-refractivity contribution is 6.31. The molecular weight excluding hydrogens is 246 g/mol. The van der Waals surface area contributed by atoms with Crippen LogP contribution in [0.5, 0.6) is 5.75 Å². The molecule has 2 N–H and O–H groups in total. The molecule has 88 valence electrons. The van der Waals surface area contributed by atoms with E-state index in [4.69, 9.17) is 16.1 Å². The molecule has 7 heteroatoms. The summed E-state index contributed by atoms with van der Waals surface area (Å²) in [6.45, 7) is 1.62. The molecule has 0 saturated carbocycles. The summed E-state index contributed by atoms with van der Waals surface area (Å²) < 4.78 is 4.72. The highest BCUT2D eigenvalue weighted by Gasteiger charge is 2.14. The van der Waals surface area contributed by atoms with E-state index in [1.807, 2.05) is 0 Å². The van der Waals surface area contributed by atoms with E-state index in [2.05, 4.69) is 15.5 Å². The summed E-state index contributed by atoms with van der Waals surface area (Å²) in [7, 11) is 0. The van der Waals surface area contributed by atoms with Crippen LogP contribution in [-0.2, 0) is 0 Å². The van der Waals surface area contributed by atoms with E-state index in [9.17, 15) is 9.90 Å². The van der Waals surface area contributed by atoms with E-state index in [1.165, 1.54) is 18.2 Å². The van der Waals surface area contributed by atoms with Crippen molar-refractivity contribution in [3.05, 3.63) is 34.6 Å². The van der Waals surface area contributed by atoms with Crippen LogP contribution in [-0.4, -0.2) is 21.2 Å². The predicted octanol–water partition coefficient (Wildman–Crippen LogP) is 1.99. The average molecular weight is 254 g/mol. The second-order valence-electron chi connectivity index (χ2n) is 3.26. The van der Waals surface area contributed by atoms with Crippen molar-refractivity contribution in [1.29, 1.82) is 0 Å². The fraction of sp³-hybridized carbons (Fsp3) is 0.100. The maximum atomic E-state index is 11.7. The molecule has 2 aromatic rings. The largest absolute Gasteiger partial charge is 0.507 e. The van der Waals surface area contributed by atoms with Crippen molar-refractivity contribution in [3.63, 3.8) is 0 Å². The molecule has 0 spiro atoms. The van der Waals surface area contributed by atoms with Gasteiger partial charge in [-0.15, -0.1) is 0 Å². The van der Waals surface area contributed by atoms with Gasteiger partial charge in [-0.05, 0) is 25.1 Å². The van der Waals surface area contributed by atoms with Crippen molar-refractivity contribution in [2.75, 3.05) is 5.32 Å². The lowest BCUT2D eigenvalue weighted by atomic mass is 10.2. The van der Waals surface area contributed by atoms with Gasteiger partial charge in [0.15, 0.2) is 5.82 Å². The molecule has 0 fully saturated rings. The molecular formula is C10H8ClN3O3. The van der Waals surface area contributed by atoms with E-state index in [1.54, 1.807) is 6.92 Å². The van der Waals surface area contributed by atoms with Gasteiger partial charge in [0, 0.05) is 5.02 Å². The number of aryl methyl sites for hydroxylation is 1. The Hall–Kier alpha value is -2.08. The van der Waals surface area contributed by atoms with Gasteiger partial charge in [-0.2, -0.15) is 4.98 Å². The van der Waals surface area contributed by atoms with Crippen LogP contribution < -0.4 is 5.32 Å². The lowest BCUT2D eigenvalue weighted by Gasteiger charge is -2.03. The van der Waals surface area contributed by atoms with Gasteiger partial charge in [-0.3, -0.25) is 10.1 Å². The van der Waals surface area contributed by atoms with E-state index < -0.39 is 5.91 Å². The van der Waals surface area contributed by atoms with E-state index >= 15 is 0 Å². The number of nitrogens with zero attached hydrogens (tertiary/aromatic N) is 2. The number of benzene rings is 1. The van der Waals surface area contributed by atoms with Gasteiger partial charge < -0.3 is 9.63 Å². The first kappa shape index (κ1) is 11.4. The zero-order valence-electron chi connectivity index (χ0n) is 8.77. The molecule has 1 amide bonds. The number of hydrogen-bond donors (Lipinski definition) is 2. The summed E-state index contributed by atoms with van der Waals surface area (Å²) in [5.41, 5.74) is 0.0355. The van der Waals surface area contributed by atoms with Crippen molar-refractivity contribution in [2.45, 2.75) is 6.92 Å². The first-order chi connectivity index (χ1) is 8.06. The molecule has 0 aliphatic heterocycles. The van der Waals surface area contributed by atoms with Crippen molar-refractivity contribution < 1.29 is 14.4 Å². The van der Waals surface area contributed by atoms with Crippen molar-refractivity contribution in [2.24, 2.45) is 0 Å². The summed E-state index contributed by atoms with van der Waals surface area (Å²) >= 11 is 5.73. The van der Waals surface area contributed by atoms with Gasteiger partial charge >= 0.3 is 6.01 Å². The first-order valence-corrected chi connectivity index (χ1v) is 5.04. The molecule has 1 heterocycles. The maximum Gasteiger partial charge on any atom is 0.328 e. The highest BCUT2D eigenvalue weighted by atomic mass is 35.5. The summed E-state index contributed by atoms with van der Waals surface area (Å²) in [6.07, 6.45) is 0. The number of phenols is 1. The first-order valence-electron chi connectivity index (χ1n) is 4.66. The summed E-state index contributed by atoms with van der Waals surface area (Å²) in [6, 6.07) is 4.11. The minimum atomic E-state index is -0.575. The number of rotatable bonds is 2. The van der Waals surface area contributed by atoms with Crippen LogP contribution in [0.25, 0.3) is 0 Å². The zero-order valence-corrected chi connectivity index (χ0v) is 9.52. The lowest BCUT2D eigenvalue weighted by molar-refractivity contribution is 0.102. The lowest BCUT2D eigenvalue weighted by Crippen LogP contribution is -2.12. The van der Waals surface area contributed by atoms with Gasteiger partial charge in [-0.1, -0.05) is 16.8 Å². The number of halogens is 1. The minimum absolute atomic E-state index is 0.0353. The Bertz CT molecular complexity index is 568. The van der Waals surface area contributed by atoms with Gasteiger partial charge in [0.05, 0.1) is 5.56 Å². The maximum absolute atomic E-state index is 11.7. The third-order valence-electron chi connectivity index (χ3n) is 1.95. The van der Waals surface area contributed by atoms with Gasteiger partial charge in [0.25, 0.3) is 5.91 Å². The third-order valence-corrected chi connectivity index (χ3v) is 2.19. The standard InChI is InChI=1S/C10H8ClN3O3/c1-5-12-10(17-14-5)13-9(16)7-4-6(11)2-3-8(7)15/h2-4,15H,1H3,(H,12,13,14,16). The molecule has 1 aromatic heterocycles. The Labute approximate surface area is 101 Å². The number of amides is 1. The molecule has 2 rings (SSSR count). The molecule has 0 saturated heterocycles. The predicted molar refractivity (Wildman–Crippen MR) is 60.1 cm³/mol. The number of carbonyl (C=O) groups is 1. The molecule has 6 nitrogen and oxygen atoms in total. The Morgan fingerprint density at radius 2 is 2.29 bits per heavy atom. The number of phenolic OH excluding ortho intramolecular Hbond substituents is 1. The monoisotopic (exact) mass is 253 g/mol. The van der Waals surface area contributed by atoms with Crippen LogP contribution >= 0.6 is 11.6 Å². The molecule has 17 heavy (non-hydrogen) atoms. The molecule has 0 bridgehead atoms. The molecule has 0 atom stereocenters. The van der Waals surface area contributed by atoms with Crippen LogP contribution in [0.4, 0.5) is 6.01 Å². The van der Waals surface area contributed by atoms with Crippen LogP contribution in [0.1, 0.15) is 16.2 Å². The second kappa shape index (κ2) is 4.42.